The summed E-state index contributed by atoms with van der Waals surface area (Å²) in [5, 5.41) is 0.384. The van der Waals surface area contributed by atoms with E-state index in [1.54, 1.807) is 13.0 Å². The zero-order valence-electron chi connectivity index (χ0n) is 15.0. The topological polar surface area (TPSA) is 107 Å². The van der Waals surface area contributed by atoms with Crippen LogP contribution in [0.4, 0.5) is 5.95 Å². The molecule has 0 bridgehead atoms. The monoisotopic (exact) mass is 413 g/mol. The summed E-state index contributed by atoms with van der Waals surface area (Å²) in [6.07, 6.45) is 0. The highest BCUT2D eigenvalue weighted by molar-refractivity contribution is 7.89. The van der Waals surface area contributed by atoms with E-state index in [1.807, 2.05) is 4.90 Å². The first-order valence-corrected chi connectivity index (χ1v) is 10.1. The lowest BCUT2D eigenvalue weighted by molar-refractivity contribution is 0.122. The molecule has 1 aromatic carbocycles. The highest BCUT2D eigenvalue weighted by atomic mass is 35.5. The van der Waals surface area contributed by atoms with Gasteiger partial charge >= 0.3 is 6.01 Å². The molecule has 0 aliphatic carbocycles. The molecule has 0 saturated carbocycles. The number of methoxy groups -OCH3 is 1. The van der Waals surface area contributed by atoms with Crippen molar-refractivity contribution < 1.29 is 17.9 Å². The molecule has 2 heterocycles. The molecule has 0 unspecified atom stereocenters. The Bertz CT molecular complexity index is 919. The number of hydrogen-bond acceptors (Lipinski definition) is 8. The van der Waals surface area contributed by atoms with Gasteiger partial charge in [0.25, 0.3) is 0 Å². The molecule has 0 spiro atoms. The van der Waals surface area contributed by atoms with Crippen molar-refractivity contribution in [2.45, 2.75) is 18.4 Å². The summed E-state index contributed by atoms with van der Waals surface area (Å²) in [6.45, 7) is 4.12. The van der Waals surface area contributed by atoms with Crippen LogP contribution in [0.15, 0.2) is 23.1 Å². The Morgan fingerprint density at radius 3 is 2.67 bits per heavy atom. The molecule has 0 atom stereocenters. The average Bonchev–Trinajstić information content (AvgIpc) is 2.69. The number of anilines is 1. The number of halogens is 1. The van der Waals surface area contributed by atoms with Crippen LogP contribution in [-0.2, 0) is 21.3 Å². The second-order valence-corrected chi connectivity index (χ2v) is 8.05. The van der Waals surface area contributed by atoms with E-state index >= 15 is 0 Å². The van der Waals surface area contributed by atoms with Crippen LogP contribution in [0.2, 0.25) is 5.02 Å². The van der Waals surface area contributed by atoms with Crippen LogP contribution in [0.25, 0.3) is 0 Å². The Labute approximate surface area is 162 Å². The lowest BCUT2D eigenvalue weighted by Gasteiger charge is -2.26. The lowest BCUT2D eigenvalue weighted by atomic mass is 10.2. The third-order valence-electron chi connectivity index (χ3n) is 4.00. The first kappa shape index (κ1) is 19.7. The van der Waals surface area contributed by atoms with E-state index in [9.17, 15) is 8.42 Å². The molecule has 1 aromatic heterocycles. The highest BCUT2D eigenvalue weighted by Gasteiger charge is 2.19. The van der Waals surface area contributed by atoms with E-state index in [0.29, 0.717) is 37.3 Å². The maximum atomic E-state index is 12.5. The van der Waals surface area contributed by atoms with Gasteiger partial charge in [-0.05, 0) is 24.6 Å². The Kier molecular flexibility index (Phi) is 6.10. The number of sulfonamides is 1. The van der Waals surface area contributed by atoms with Crippen molar-refractivity contribution in [3.63, 3.8) is 0 Å². The summed E-state index contributed by atoms with van der Waals surface area (Å²) >= 11 is 6.03. The summed E-state index contributed by atoms with van der Waals surface area (Å²) < 4.78 is 37.9. The minimum Gasteiger partial charge on any atom is -0.467 e. The number of nitrogens with one attached hydrogen (secondary N) is 1. The molecule has 1 aliphatic rings. The van der Waals surface area contributed by atoms with Crippen LogP contribution in [-0.4, -0.2) is 56.8 Å². The van der Waals surface area contributed by atoms with Crippen LogP contribution in [0.5, 0.6) is 6.01 Å². The summed E-state index contributed by atoms with van der Waals surface area (Å²) in [5.41, 5.74) is 0.799. The van der Waals surface area contributed by atoms with Gasteiger partial charge in [0.05, 0.1) is 31.8 Å². The molecule has 1 aliphatic heterocycles. The number of benzene rings is 1. The van der Waals surface area contributed by atoms with Gasteiger partial charge in [-0.2, -0.15) is 15.0 Å². The molecule has 3 rings (SSSR count). The SMILES string of the molecule is COc1nc(CNS(=O)(=O)c2ccc(C)c(Cl)c2)nc(N2CCOCC2)n1. The summed E-state index contributed by atoms with van der Waals surface area (Å²) in [5.74, 6) is 0.683. The van der Waals surface area contributed by atoms with Gasteiger partial charge < -0.3 is 14.4 Å². The van der Waals surface area contributed by atoms with Gasteiger partial charge in [0.15, 0.2) is 5.82 Å². The van der Waals surface area contributed by atoms with E-state index in [0.717, 1.165) is 5.56 Å². The zero-order valence-corrected chi connectivity index (χ0v) is 16.5. The number of hydrogen-bond donors (Lipinski definition) is 1. The van der Waals surface area contributed by atoms with Gasteiger partial charge in [-0.1, -0.05) is 17.7 Å². The van der Waals surface area contributed by atoms with Crippen LogP contribution >= 0.6 is 11.6 Å². The van der Waals surface area contributed by atoms with E-state index in [-0.39, 0.29) is 23.3 Å². The molecule has 27 heavy (non-hydrogen) atoms. The number of aryl methyl sites for hydroxylation is 1. The second-order valence-electron chi connectivity index (χ2n) is 5.87. The van der Waals surface area contributed by atoms with Crippen molar-refractivity contribution in [2.24, 2.45) is 0 Å². The van der Waals surface area contributed by atoms with Crippen LogP contribution in [0.3, 0.4) is 0 Å². The van der Waals surface area contributed by atoms with Crippen molar-refractivity contribution in [3.8, 4) is 6.01 Å². The van der Waals surface area contributed by atoms with Crippen molar-refractivity contribution in [1.29, 1.82) is 0 Å². The van der Waals surface area contributed by atoms with E-state index < -0.39 is 10.0 Å². The number of aromatic nitrogens is 3. The molecule has 2 aromatic rings. The maximum Gasteiger partial charge on any atom is 0.321 e. The standard InChI is InChI=1S/C16H20ClN5O4S/c1-11-3-4-12(9-13(11)17)27(23,24)18-10-14-19-15(21-16(20-14)25-2)22-5-7-26-8-6-22/h3-4,9,18H,5-8,10H2,1-2H3. The van der Waals surface area contributed by atoms with Crippen molar-refractivity contribution in [2.75, 3.05) is 38.3 Å². The quantitative estimate of drug-likeness (QED) is 0.751. The van der Waals surface area contributed by atoms with Gasteiger partial charge in [-0.25, -0.2) is 13.1 Å². The predicted octanol–water partition coefficient (Wildman–Crippen LogP) is 1.16. The smallest absolute Gasteiger partial charge is 0.321 e. The Morgan fingerprint density at radius 1 is 1.26 bits per heavy atom. The Balaban J connectivity index is 1.79. The zero-order chi connectivity index (χ0) is 19.4. The molecular formula is C16H20ClN5O4S. The van der Waals surface area contributed by atoms with E-state index in [4.69, 9.17) is 21.1 Å². The molecule has 0 amide bonds. The Morgan fingerprint density at radius 2 is 2.00 bits per heavy atom. The second kappa shape index (κ2) is 8.34. The number of rotatable bonds is 6. The minimum absolute atomic E-state index is 0.0764. The predicted molar refractivity (Wildman–Crippen MR) is 99.6 cm³/mol. The van der Waals surface area contributed by atoms with E-state index in [1.165, 1.54) is 19.2 Å². The molecule has 1 N–H and O–H groups in total. The molecule has 0 radical (unpaired) electrons. The van der Waals surface area contributed by atoms with E-state index in [2.05, 4.69) is 19.7 Å². The maximum absolute atomic E-state index is 12.5. The van der Waals surface area contributed by atoms with Crippen LogP contribution in [0, 0.1) is 6.92 Å². The normalized spacial score (nSPS) is 15.0. The first-order valence-electron chi connectivity index (χ1n) is 8.26. The van der Waals surface area contributed by atoms with Crippen molar-refractivity contribution in [1.82, 2.24) is 19.7 Å². The summed E-state index contributed by atoms with van der Waals surface area (Å²) in [6, 6.07) is 4.68. The molecule has 146 valence electrons. The highest BCUT2D eigenvalue weighted by Crippen LogP contribution is 2.20. The van der Waals surface area contributed by atoms with Gasteiger partial charge in [0.2, 0.25) is 16.0 Å². The van der Waals surface area contributed by atoms with Gasteiger partial charge in [0.1, 0.15) is 0 Å². The summed E-state index contributed by atoms with van der Waals surface area (Å²) in [4.78, 5) is 14.7. The lowest BCUT2D eigenvalue weighted by Crippen LogP contribution is -2.37. The largest absolute Gasteiger partial charge is 0.467 e. The summed E-state index contributed by atoms with van der Waals surface area (Å²) in [7, 11) is -2.32. The fourth-order valence-electron chi connectivity index (χ4n) is 2.45. The average molecular weight is 414 g/mol. The van der Waals surface area contributed by atoms with Crippen LogP contribution < -0.4 is 14.4 Å². The van der Waals surface area contributed by atoms with Crippen molar-refractivity contribution in [3.05, 3.63) is 34.6 Å². The molecular weight excluding hydrogens is 394 g/mol. The Hall–Kier alpha value is -2.01. The van der Waals surface area contributed by atoms with Gasteiger partial charge in [0, 0.05) is 18.1 Å². The third kappa shape index (κ3) is 4.83. The number of nitrogens with zero attached hydrogens (tertiary/aromatic N) is 4. The fraction of sp³-hybridized carbons (Fsp3) is 0.438. The third-order valence-corrected chi connectivity index (χ3v) is 5.81. The molecule has 11 heteroatoms. The fourth-order valence-corrected chi connectivity index (χ4v) is 3.70. The number of ether oxygens (including phenoxy) is 2. The minimum atomic E-state index is -3.76. The molecule has 1 saturated heterocycles. The first-order chi connectivity index (χ1) is 12.9. The molecule has 1 fully saturated rings. The number of morpholine rings is 1. The van der Waals surface area contributed by atoms with Gasteiger partial charge in [-0.3, -0.25) is 0 Å². The molecule has 9 nitrogen and oxygen atoms in total. The van der Waals surface area contributed by atoms with Gasteiger partial charge in [-0.15, -0.1) is 0 Å². The van der Waals surface area contributed by atoms with Crippen LogP contribution in [0.1, 0.15) is 11.4 Å². The van der Waals surface area contributed by atoms with Crippen molar-refractivity contribution >= 4 is 27.6 Å².